The molecule has 5 nitrogen and oxygen atoms in total. The Labute approximate surface area is 198 Å². The highest BCUT2D eigenvalue weighted by Gasteiger charge is 2.38. The largest absolute Gasteiger partial charge is 0.453 e. The molecule has 6 rings (SSSR count). The van der Waals surface area contributed by atoms with Crippen molar-refractivity contribution < 1.29 is 17.9 Å². The normalized spacial score (nSPS) is 12.6. The Morgan fingerprint density at radius 2 is 1.31 bits per heavy atom. The molecular weight excluding hydrogens is 453 g/mol. The van der Waals surface area contributed by atoms with Gasteiger partial charge in [-0.05, 0) is 54.6 Å². The lowest BCUT2D eigenvalue weighted by Crippen LogP contribution is -2.20. The average Bonchev–Trinajstić information content (AvgIpc) is 3.37. The van der Waals surface area contributed by atoms with Gasteiger partial charge < -0.3 is 9.64 Å². The summed E-state index contributed by atoms with van der Waals surface area (Å²) in [5.41, 5.74) is 1.26. The van der Waals surface area contributed by atoms with E-state index >= 15 is 0 Å². The fourth-order valence-corrected chi connectivity index (χ4v) is 4.26. The standard InChI is InChI=1S/C27H17F3N4O/c28-27(29,30)20-16-18(26-31-17-32-34(26)19-8-2-1-3-9-19)14-15-21(20)33-22-10-4-6-12-24(22)35-25-13-7-5-11-23(25)33/h1-17H. The van der Waals surface area contributed by atoms with E-state index in [1.807, 2.05) is 30.3 Å². The quantitative estimate of drug-likeness (QED) is 0.268. The number of rotatable bonds is 3. The highest BCUT2D eigenvalue weighted by Crippen LogP contribution is 2.52. The Morgan fingerprint density at radius 3 is 1.97 bits per heavy atom. The number of hydrogen-bond donors (Lipinski definition) is 0. The number of para-hydroxylation sites is 5. The van der Waals surface area contributed by atoms with E-state index in [1.54, 1.807) is 59.5 Å². The molecule has 0 amide bonds. The van der Waals surface area contributed by atoms with Gasteiger partial charge in [-0.2, -0.15) is 18.3 Å². The number of benzene rings is 4. The minimum absolute atomic E-state index is 0.00442. The Morgan fingerprint density at radius 1 is 0.686 bits per heavy atom. The smallest absolute Gasteiger partial charge is 0.418 e. The lowest BCUT2D eigenvalue weighted by Gasteiger charge is -2.34. The first kappa shape index (κ1) is 21.0. The summed E-state index contributed by atoms with van der Waals surface area (Å²) in [4.78, 5) is 5.84. The van der Waals surface area contributed by atoms with Gasteiger partial charge in [0.15, 0.2) is 17.3 Å². The van der Waals surface area contributed by atoms with E-state index < -0.39 is 11.7 Å². The van der Waals surface area contributed by atoms with Crippen molar-refractivity contribution in [3.05, 3.63) is 109 Å². The SMILES string of the molecule is FC(F)(F)c1cc(-c2ncnn2-c2ccccc2)ccc1N1c2ccccc2Oc2ccccc21. The van der Waals surface area contributed by atoms with E-state index in [2.05, 4.69) is 10.1 Å². The Bertz CT molecular complexity index is 1480. The summed E-state index contributed by atoms with van der Waals surface area (Å²) in [5.74, 6) is 1.27. The third kappa shape index (κ3) is 3.59. The summed E-state index contributed by atoms with van der Waals surface area (Å²) in [6.45, 7) is 0. The second-order valence-corrected chi connectivity index (χ2v) is 7.93. The molecule has 0 saturated carbocycles. The Kier molecular flexibility index (Phi) is 4.81. The molecule has 0 bridgehead atoms. The van der Waals surface area contributed by atoms with Crippen LogP contribution >= 0.6 is 0 Å². The van der Waals surface area contributed by atoms with Crippen molar-refractivity contribution in [2.75, 3.05) is 4.90 Å². The number of hydrogen-bond acceptors (Lipinski definition) is 4. The molecule has 0 saturated heterocycles. The van der Waals surface area contributed by atoms with E-state index in [-0.39, 0.29) is 5.69 Å². The van der Waals surface area contributed by atoms with Crippen LogP contribution in [0, 0.1) is 0 Å². The summed E-state index contributed by atoms with van der Waals surface area (Å²) in [7, 11) is 0. The van der Waals surface area contributed by atoms with Crippen molar-refractivity contribution in [3.63, 3.8) is 0 Å². The third-order valence-corrected chi connectivity index (χ3v) is 5.78. The Balaban J connectivity index is 1.55. The van der Waals surface area contributed by atoms with Gasteiger partial charge in [-0.15, -0.1) is 0 Å². The van der Waals surface area contributed by atoms with Crippen molar-refractivity contribution in [1.29, 1.82) is 0 Å². The number of alkyl halides is 3. The van der Waals surface area contributed by atoms with Gasteiger partial charge >= 0.3 is 6.18 Å². The molecule has 4 aromatic carbocycles. The average molecular weight is 470 g/mol. The molecule has 172 valence electrons. The highest BCUT2D eigenvalue weighted by molar-refractivity contribution is 5.88. The van der Waals surface area contributed by atoms with Crippen molar-refractivity contribution in [2.24, 2.45) is 0 Å². The lowest BCUT2D eigenvalue weighted by atomic mass is 10.0. The van der Waals surface area contributed by atoms with Gasteiger partial charge in [-0.1, -0.05) is 42.5 Å². The number of aromatic nitrogens is 3. The van der Waals surface area contributed by atoms with E-state index in [4.69, 9.17) is 4.74 Å². The molecule has 0 spiro atoms. The molecule has 0 N–H and O–H groups in total. The zero-order chi connectivity index (χ0) is 24.0. The molecule has 0 radical (unpaired) electrons. The highest BCUT2D eigenvalue weighted by atomic mass is 19.4. The molecule has 35 heavy (non-hydrogen) atoms. The fraction of sp³-hybridized carbons (Fsp3) is 0.0370. The molecule has 1 aliphatic rings. The maximum atomic E-state index is 14.5. The molecule has 2 heterocycles. The first-order valence-corrected chi connectivity index (χ1v) is 10.8. The minimum atomic E-state index is -4.62. The molecule has 1 aliphatic heterocycles. The first-order chi connectivity index (χ1) is 17.0. The van der Waals surface area contributed by atoms with Gasteiger partial charge in [-0.25, -0.2) is 9.67 Å². The van der Waals surface area contributed by atoms with E-state index in [0.717, 1.165) is 6.07 Å². The van der Waals surface area contributed by atoms with Gasteiger partial charge in [0.1, 0.15) is 6.33 Å². The van der Waals surface area contributed by atoms with Crippen molar-refractivity contribution >= 4 is 17.1 Å². The van der Waals surface area contributed by atoms with Crippen LogP contribution in [0.3, 0.4) is 0 Å². The summed E-state index contributed by atoms with van der Waals surface area (Å²) >= 11 is 0. The molecule has 5 aromatic rings. The van der Waals surface area contributed by atoms with E-state index in [1.165, 1.54) is 17.1 Å². The van der Waals surface area contributed by atoms with Crippen LogP contribution in [0.4, 0.5) is 30.2 Å². The van der Waals surface area contributed by atoms with E-state index in [9.17, 15) is 13.2 Å². The van der Waals surface area contributed by atoms with Crippen LogP contribution in [0.5, 0.6) is 11.5 Å². The van der Waals surface area contributed by atoms with E-state index in [0.29, 0.717) is 39.9 Å². The van der Waals surface area contributed by atoms with Crippen LogP contribution in [-0.2, 0) is 6.18 Å². The fourth-order valence-electron chi connectivity index (χ4n) is 4.26. The van der Waals surface area contributed by atoms with Gasteiger partial charge in [0.05, 0.1) is 28.3 Å². The van der Waals surface area contributed by atoms with Crippen LogP contribution < -0.4 is 9.64 Å². The zero-order valence-electron chi connectivity index (χ0n) is 18.1. The molecule has 0 atom stereocenters. The molecule has 1 aromatic heterocycles. The lowest BCUT2D eigenvalue weighted by molar-refractivity contribution is -0.137. The van der Waals surface area contributed by atoms with Crippen LogP contribution in [0.1, 0.15) is 5.56 Å². The predicted octanol–water partition coefficient (Wildman–Crippen LogP) is 7.53. The maximum Gasteiger partial charge on any atom is 0.418 e. The topological polar surface area (TPSA) is 43.2 Å². The van der Waals surface area contributed by atoms with Gasteiger partial charge in [0.25, 0.3) is 0 Å². The number of fused-ring (bicyclic) bond motifs is 2. The molecular formula is C27H17F3N4O. The number of anilines is 3. The number of ether oxygens (including phenoxy) is 1. The minimum Gasteiger partial charge on any atom is -0.453 e. The Hall–Kier alpha value is -4.59. The van der Waals surface area contributed by atoms with Crippen molar-refractivity contribution in [2.45, 2.75) is 6.18 Å². The van der Waals surface area contributed by atoms with Crippen molar-refractivity contribution in [1.82, 2.24) is 14.8 Å². The second kappa shape index (κ2) is 8.02. The summed E-state index contributed by atoms with van der Waals surface area (Å²) < 4.78 is 51.0. The van der Waals surface area contributed by atoms with Gasteiger partial charge in [0, 0.05) is 5.56 Å². The maximum absolute atomic E-state index is 14.5. The molecule has 8 heteroatoms. The summed E-state index contributed by atoms with van der Waals surface area (Å²) in [6.07, 6.45) is -3.29. The summed E-state index contributed by atoms with van der Waals surface area (Å²) in [5, 5.41) is 4.22. The number of halogens is 3. The van der Waals surface area contributed by atoms with Crippen LogP contribution in [0.15, 0.2) is 103 Å². The first-order valence-electron chi connectivity index (χ1n) is 10.8. The zero-order valence-corrected chi connectivity index (χ0v) is 18.1. The van der Waals surface area contributed by atoms with Crippen LogP contribution in [-0.4, -0.2) is 14.8 Å². The van der Waals surface area contributed by atoms with Crippen LogP contribution in [0.2, 0.25) is 0 Å². The molecule has 0 fully saturated rings. The molecule has 0 aliphatic carbocycles. The predicted molar refractivity (Wildman–Crippen MR) is 127 cm³/mol. The summed E-state index contributed by atoms with van der Waals surface area (Å²) in [6, 6.07) is 27.5. The van der Waals surface area contributed by atoms with Gasteiger partial charge in [0.2, 0.25) is 0 Å². The van der Waals surface area contributed by atoms with Gasteiger partial charge in [-0.3, -0.25) is 0 Å². The molecule has 0 unspecified atom stereocenters. The van der Waals surface area contributed by atoms with Crippen molar-refractivity contribution in [3.8, 4) is 28.6 Å². The monoisotopic (exact) mass is 470 g/mol. The van der Waals surface area contributed by atoms with Crippen LogP contribution in [0.25, 0.3) is 17.1 Å². The second-order valence-electron chi connectivity index (χ2n) is 7.93. The number of nitrogens with zero attached hydrogens (tertiary/aromatic N) is 4. The third-order valence-electron chi connectivity index (χ3n) is 5.78.